The molecule has 1 unspecified atom stereocenters. The molecule has 1 atom stereocenters. The summed E-state index contributed by atoms with van der Waals surface area (Å²) in [5, 5.41) is 8.31. The van der Waals surface area contributed by atoms with E-state index < -0.39 is 0 Å². The smallest absolute Gasteiger partial charge is 0.0734 e. The van der Waals surface area contributed by atoms with Crippen molar-refractivity contribution in [1.82, 2.24) is 5.32 Å². The molecule has 0 aromatic rings. The van der Waals surface area contributed by atoms with Crippen molar-refractivity contribution in [2.24, 2.45) is 0 Å². The van der Waals surface area contributed by atoms with E-state index >= 15 is 0 Å². The SMILES string of the molecule is CC1NC2=C(CC[N-]C2)S1.[Re]. The molecule has 0 amide bonds. The van der Waals surface area contributed by atoms with E-state index in [1.54, 1.807) is 4.91 Å². The van der Waals surface area contributed by atoms with Gasteiger partial charge in [0.2, 0.25) is 0 Å². The average molecular weight is 341 g/mol. The minimum Gasteiger partial charge on any atom is -0.657 e. The predicted molar refractivity (Wildman–Crippen MR) is 44.9 cm³/mol. The molecular formula is C7H11N2ReS-. The molecule has 63 valence electrons. The van der Waals surface area contributed by atoms with Gasteiger partial charge in [0.15, 0.2) is 0 Å². The maximum absolute atomic E-state index is 4.32. The molecule has 2 nitrogen and oxygen atoms in total. The van der Waals surface area contributed by atoms with Crippen LogP contribution in [-0.2, 0) is 20.4 Å². The zero-order valence-electron chi connectivity index (χ0n) is 6.43. The molecule has 1 N–H and O–H groups in total. The van der Waals surface area contributed by atoms with Gasteiger partial charge in [-0.2, -0.15) is 0 Å². The minimum atomic E-state index is 0. The van der Waals surface area contributed by atoms with Crippen LogP contribution in [-0.4, -0.2) is 18.5 Å². The first kappa shape index (κ1) is 9.60. The first-order valence-electron chi connectivity index (χ1n) is 3.65. The van der Waals surface area contributed by atoms with Crippen LogP contribution in [0.15, 0.2) is 10.6 Å². The molecule has 4 heteroatoms. The molecule has 0 aliphatic carbocycles. The topological polar surface area (TPSA) is 26.1 Å². The third-order valence-electron chi connectivity index (χ3n) is 1.80. The van der Waals surface area contributed by atoms with Crippen LogP contribution >= 0.6 is 11.8 Å². The van der Waals surface area contributed by atoms with Crippen molar-refractivity contribution in [3.05, 3.63) is 15.9 Å². The number of rotatable bonds is 0. The van der Waals surface area contributed by atoms with Gasteiger partial charge in [-0.25, -0.2) is 0 Å². The van der Waals surface area contributed by atoms with Gasteiger partial charge in [-0.05, 0) is 13.3 Å². The summed E-state index contributed by atoms with van der Waals surface area (Å²) in [6.45, 7) is 4.15. The molecule has 0 spiro atoms. The second-order valence-corrected chi connectivity index (χ2v) is 4.10. The number of hydrogen-bond donors (Lipinski definition) is 1. The molecule has 2 aliphatic heterocycles. The Morgan fingerprint density at radius 3 is 3.18 bits per heavy atom. The molecule has 0 aromatic carbocycles. The van der Waals surface area contributed by atoms with E-state index in [0.29, 0.717) is 5.37 Å². The predicted octanol–water partition coefficient (Wildman–Crippen LogP) is 1.66. The molecule has 2 aliphatic rings. The van der Waals surface area contributed by atoms with E-state index in [4.69, 9.17) is 0 Å². The number of thioether (sulfide) groups is 1. The summed E-state index contributed by atoms with van der Waals surface area (Å²) in [5.41, 5.74) is 1.38. The van der Waals surface area contributed by atoms with Gasteiger partial charge in [-0.1, -0.05) is 0 Å². The third kappa shape index (κ3) is 2.00. The van der Waals surface area contributed by atoms with Crippen LogP contribution < -0.4 is 5.32 Å². The van der Waals surface area contributed by atoms with Crippen LogP contribution in [0.5, 0.6) is 0 Å². The second-order valence-electron chi connectivity index (χ2n) is 2.66. The summed E-state index contributed by atoms with van der Waals surface area (Å²) in [6, 6.07) is 0. The molecule has 11 heavy (non-hydrogen) atoms. The summed E-state index contributed by atoms with van der Waals surface area (Å²) >= 11 is 1.96. The molecule has 2 rings (SSSR count). The van der Waals surface area contributed by atoms with Gasteiger partial charge >= 0.3 is 0 Å². The first-order valence-corrected chi connectivity index (χ1v) is 4.53. The average Bonchev–Trinajstić information content (AvgIpc) is 2.27. The molecule has 0 aromatic heterocycles. The van der Waals surface area contributed by atoms with Crippen LogP contribution in [0.3, 0.4) is 0 Å². The summed E-state index contributed by atoms with van der Waals surface area (Å²) in [6.07, 6.45) is 1.16. The van der Waals surface area contributed by atoms with Crippen molar-refractivity contribution in [1.29, 1.82) is 0 Å². The zero-order valence-corrected chi connectivity index (χ0v) is 9.96. The minimum absolute atomic E-state index is 0. The van der Waals surface area contributed by atoms with Crippen LogP contribution in [0, 0.1) is 0 Å². The van der Waals surface area contributed by atoms with E-state index in [9.17, 15) is 0 Å². The van der Waals surface area contributed by atoms with E-state index in [2.05, 4.69) is 17.6 Å². The normalized spacial score (nSPS) is 29.0. The van der Waals surface area contributed by atoms with Crippen molar-refractivity contribution in [3.63, 3.8) is 0 Å². The fourth-order valence-corrected chi connectivity index (χ4v) is 2.46. The van der Waals surface area contributed by atoms with Crippen LogP contribution in [0.4, 0.5) is 0 Å². The van der Waals surface area contributed by atoms with Gasteiger partial charge in [0, 0.05) is 31.0 Å². The maximum Gasteiger partial charge on any atom is 0.0734 e. The van der Waals surface area contributed by atoms with Gasteiger partial charge in [0.25, 0.3) is 0 Å². The Bertz CT molecular complexity index is 163. The van der Waals surface area contributed by atoms with Crippen LogP contribution in [0.1, 0.15) is 13.3 Å². The molecule has 1 radical (unpaired) electrons. The van der Waals surface area contributed by atoms with E-state index in [0.717, 1.165) is 19.5 Å². The molecule has 0 fully saturated rings. The molecular weight excluding hydrogens is 330 g/mol. The van der Waals surface area contributed by atoms with Crippen molar-refractivity contribution >= 4 is 11.8 Å². The number of nitrogens with zero attached hydrogens (tertiary/aromatic N) is 1. The summed E-state index contributed by atoms with van der Waals surface area (Å²) in [7, 11) is 0. The van der Waals surface area contributed by atoms with Gasteiger partial charge < -0.3 is 10.6 Å². The van der Waals surface area contributed by atoms with Gasteiger partial charge in [0.1, 0.15) is 0 Å². The Morgan fingerprint density at radius 2 is 2.45 bits per heavy atom. The Kier molecular flexibility index (Phi) is 3.45. The van der Waals surface area contributed by atoms with Crippen LogP contribution in [0.2, 0.25) is 0 Å². The third-order valence-corrected chi connectivity index (χ3v) is 3.01. The van der Waals surface area contributed by atoms with Crippen molar-refractivity contribution in [2.45, 2.75) is 18.7 Å². The maximum atomic E-state index is 4.32. The van der Waals surface area contributed by atoms with Crippen molar-refractivity contribution in [3.8, 4) is 0 Å². The fourth-order valence-electron chi connectivity index (χ4n) is 1.35. The molecule has 0 bridgehead atoms. The van der Waals surface area contributed by atoms with Crippen LogP contribution in [0.25, 0.3) is 5.32 Å². The molecule has 2 heterocycles. The van der Waals surface area contributed by atoms with Crippen molar-refractivity contribution in [2.75, 3.05) is 13.1 Å². The van der Waals surface area contributed by atoms with Gasteiger partial charge in [-0.15, -0.1) is 24.9 Å². The summed E-state index contributed by atoms with van der Waals surface area (Å²) in [5.74, 6) is 0. The number of nitrogens with one attached hydrogen (secondary N) is 1. The Hall–Kier alpha value is 0.512. The largest absolute Gasteiger partial charge is 0.657 e. The van der Waals surface area contributed by atoms with E-state index in [1.807, 2.05) is 11.8 Å². The van der Waals surface area contributed by atoms with Gasteiger partial charge in [-0.3, -0.25) is 0 Å². The molecule has 0 saturated carbocycles. The summed E-state index contributed by atoms with van der Waals surface area (Å²) < 4.78 is 0. The fraction of sp³-hybridized carbons (Fsp3) is 0.714. The van der Waals surface area contributed by atoms with E-state index in [-0.39, 0.29) is 20.4 Å². The number of hydrogen-bond acceptors (Lipinski definition) is 2. The standard InChI is InChI=1S/C7H11N2S.Re/c1-5-9-6-4-8-3-2-7(6)10-5;/h5,9H,2-4H2,1H3;/q-1;. The van der Waals surface area contributed by atoms with Crippen molar-refractivity contribution < 1.29 is 20.4 Å². The summed E-state index contributed by atoms with van der Waals surface area (Å²) in [4.78, 5) is 1.54. The zero-order chi connectivity index (χ0) is 6.97. The Labute approximate surface area is 85.2 Å². The monoisotopic (exact) mass is 342 g/mol. The van der Waals surface area contributed by atoms with E-state index in [1.165, 1.54) is 5.70 Å². The Balaban J connectivity index is 0.000000605. The quantitative estimate of drug-likeness (QED) is 0.725. The molecule has 0 saturated heterocycles. The second kappa shape index (κ2) is 3.95. The first-order chi connectivity index (χ1) is 4.86. The van der Waals surface area contributed by atoms with Gasteiger partial charge in [0.05, 0.1) is 5.37 Å². The Morgan fingerprint density at radius 1 is 1.64 bits per heavy atom.